The first-order chi connectivity index (χ1) is 11.7. The number of thioether (sulfide) groups is 1. The van der Waals surface area contributed by atoms with E-state index in [0.717, 1.165) is 11.8 Å². The van der Waals surface area contributed by atoms with Gasteiger partial charge in [0.25, 0.3) is 0 Å². The molecule has 1 aliphatic heterocycles. The standard InChI is InChI=1S/C18H23FN2O3S/c1-18(2,3)20-15(22)10-21(9-12-6-4-5-7-14(12)19)17(24)13-8-16(23)25-11-13/h4-7,13H,8-11H2,1-3H3,(H,20,22). The maximum absolute atomic E-state index is 14.0. The number of benzene rings is 1. The summed E-state index contributed by atoms with van der Waals surface area (Å²) in [4.78, 5) is 37.8. The maximum atomic E-state index is 14.0. The molecule has 0 aliphatic carbocycles. The number of hydrogen-bond acceptors (Lipinski definition) is 4. The third kappa shape index (κ3) is 5.85. The van der Waals surface area contributed by atoms with Gasteiger partial charge in [-0.25, -0.2) is 4.39 Å². The highest BCUT2D eigenvalue weighted by Gasteiger charge is 2.33. The summed E-state index contributed by atoms with van der Waals surface area (Å²) in [5.74, 6) is -1.06. The van der Waals surface area contributed by atoms with Crippen LogP contribution in [0.2, 0.25) is 0 Å². The van der Waals surface area contributed by atoms with E-state index >= 15 is 0 Å². The van der Waals surface area contributed by atoms with Gasteiger partial charge in [0.1, 0.15) is 5.82 Å². The van der Waals surface area contributed by atoms with Gasteiger partial charge in [0.15, 0.2) is 5.12 Å². The van der Waals surface area contributed by atoms with E-state index in [1.54, 1.807) is 18.2 Å². The molecule has 0 spiro atoms. The van der Waals surface area contributed by atoms with E-state index in [1.165, 1.54) is 11.0 Å². The van der Waals surface area contributed by atoms with Crippen molar-refractivity contribution >= 4 is 28.7 Å². The van der Waals surface area contributed by atoms with E-state index in [9.17, 15) is 18.8 Å². The molecule has 1 saturated heterocycles. The number of nitrogens with one attached hydrogen (secondary N) is 1. The lowest BCUT2D eigenvalue weighted by molar-refractivity contribution is -0.140. The second kappa shape index (κ2) is 7.99. The van der Waals surface area contributed by atoms with Crippen molar-refractivity contribution in [2.45, 2.75) is 39.3 Å². The molecule has 0 bridgehead atoms. The minimum Gasteiger partial charge on any atom is -0.350 e. The molecule has 1 unspecified atom stereocenters. The number of carbonyl (C=O) groups is 3. The zero-order chi connectivity index (χ0) is 18.6. The van der Waals surface area contributed by atoms with Crippen LogP contribution in [0.25, 0.3) is 0 Å². The highest BCUT2D eigenvalue weighted by atomic mass is 32.2. The van der Waals surface area contributed by atoms with Gasteiger partial charge in [-0.1, -0.05) is 30.0 Å². The molecule has 1 atom stereocenters. The third-order valence-electron chi connectivity index (χ3n) is 3.69. The van der Waals surface area contributed by atoms with Gasteiger partial charge in [-0.15, -0.1) is 0 Å². The number of halogens is 1. The van der Waals surface area contributed by atoms with E-state index in [0.29, 0.717) is 11.3 Å². The molecule has 2 rings (SSSR count). The molecule has 1 aliphatic rings. The van der Waals surface area contributed by atoms with Crippen LogP contribution in [-0.2, 0) is 20.9 Å². The van der Waals surface area contributed by atoms with Gasteiger partial charge in [0, 0.05) is 29.8 Å². The average molecular weight is 366 g/mol. The average Bonchev–Trinajstić information content (AvgIpc) is 2.92. The lowest BCUT2D eigenvalue weighted by atomic mass is 10.1. The van der Waals surface area contributed by atoms with Crippen LogP contribution in [0.1, 0.15) is 32.8 Å². The summed E-state index contributed by atoms with van der Waals surface area (Å²) in [5, 5.41) is 2.78. The Bertz CT molecular complexity index is 673. The smallest absolute Gasteiger partial charge is 0.240 e. The zero-order valence-electron chi connectivity index (χ0n) is 14.7. The number of hydrogen-bond donors (Lipinski definition) is 1. The van der Waals surface area contributed by atoms with Gasteiger partial charge < -0.3 is 10.2 Å². The third-order valence-corrected chi connectivity index (χ3v) is 4.75. The minimum absolute atomic E-state index is 0.00156. The molecule has 1 heterocycles. The van der Waals surface area contributed by atoms with Crippen molar-refractivity contribution in [3.8, 4) is 0 Å². The highest BCUT2D eigenvalue weighted by molar-refractivity contribution is 8.14. The topological polar surface area (TPSA) is 66.5 Å². The zero-order valence-corrected chi connectivity index (χ0v) is 15.5. The van der Waals surface area contributed by atoms with Gasteiger partial charge in [-0.05, 0) is 26.8 Å². The minimum atomic E-state index is -0.452. The van der Waals surface area contributed by atoms with Crippen molar-refractivity contribution < 1.29 is 18.8 Å². The summed E-state index contributed by atoms with van der Waals surface area (Å²) >= 11 is 1.13. The first-order valence-electron chi connectivity index (χ1n) is 8.14. The van der Waals surface area contributed by atoms with Crippen molar-refractivity contribution in [1.82, 2.24) is 10.2 Å². The van der Waals surface area contributed by atoms with Crippen molar-refractivity contribution in [3.05, 3.63) is 35.6 Å². The second-order valence-corrected chi connectivity index (χ2v) is 8.25. The molecule has 1 aromatic carbocycles. The van der Waals surface area contributed by atoms with Crippen LogP contribution in [0.15, 0.2) is 24.3 Å². The van der Waals surface area contributed by atoms with Crippen LogP contribution in [0.4, 0.5) is 4.39 Å². The number of nitrogens with zero attached hydrogens (tertiary/aromatic N) is 1. The van der Waals surface area contributed by atoms with Crippen molar-refractivity contribution in [1.29, 1.82) is 0 Å². The fourth-order valence-electron chi connectivity index (χ4n) is 2.60. The summed E-state index contributed by atoms with van der Waals surface area (Å²) < 4.78 is 14.0. The van der Waals surface area contributed by atoms with Crippen LogP contribution < -0.4 is 5.32 Å². The van der Waals surface area contributed by atoms with Gasteiger partial charge in [0.05, 0.1) is 12.5 Å². The van der Waals surface area contributed by atoms with Gasteiger partial charge in [0.2, 0.25) is 11.8 Å². The van der Waals surface area contributed by atoms with Gasteiger partial charge in [-0.2, -0.15) is 0 Å². The Kier molecular flexibility index (Phi) is 6.21. The Morgan fingerprint density at radius 3 is 2.56 bits per heavy atom. The molecule has 1 aromatic rings. The van der Waals surface area contributed by atoms with Crippen LogP contribution >= 0.6 is 11.8 Å². The van der Waals surface area contributed by atoms with E-state index < -0.39 is 17.3 Å². The second-order valence-electron chi connectivity index (χ2n) is 7.17. The lowest BCUT2D eigenvalue weighted by Crippen LogP contribution is -2.48. The van der Waals surface area contributed by atoms with E-state index in [4.69, 9.17) is 0 Å². The molecule has 0 aromatic heterocycles. The fourth-order valence-corrected chi connectivity index (χ4v) is 3.57. The van der Waals surface area contributed by atoms with Crippen LogP contribution in [-0.4, -0.2) is 39.7 Å². The summed E-state index contributed by atoms with van der Waals surface area (Å²) in [7, 11) is 0. The van der Waals surface area contributed by atoms with Gasteiger partial charge >= 0.3 is 0 Å². The quantitative estimate of drug-likeness (QED) is 0.869. The lowest BCUT2D eigenvalue weighted by Gasteiger charge is -2.27. The molecular formula is C18H23FN2O3S. The maximum Gasteiger partial charge on any atom is 0.240 e. The Hall–Kier alpha value is -1.89. The SMILES string of the molecule is CC(C)(C)NC(=O)CN(Cc1ccccc1F)C(=O)C1CSC(=O)C1. The molecule has 5 nitrogen and oxygen atoms in total. The first-order valence-corrected chi connectivity index (χ1v) is 9.13. The summed E-state index contributed by atoms with van der Waals surface area (Å²) in [6, 6.07) is 6.17. The van der Waals surface area contributed by atoms with Crippen LogP contribution in [0, 0.1) is 11.7 Å². The molecule has 0 saturated carbocycles. The van der Waals surface area contributed by atoms with Crippen molar-refractivity contribution in [3.63, 3.8) is 0 Å². The molecule has 0 radical (unpaired) electrons. The first kappa shape index (κ1) is 19.4. The number of carbonyl (C=O) groups excluding carboxylic acids is 3. The fraction of sp³-hybridized carbons (Fsp3) is 0.500. The monoisotopic (exact) mass is 366 g/mol. The summed E-state index contributed by atoms with van der Waals surface area (Å²) in [6.07, 6.45) is 0.165. The molecule has 25 heavy (non-hydrogen) atoms. The molecule has 7 heteroatoms. The van der Waals surface area contributed by atoms with E-state index in [2.05, 4.69) is 5.32 Å². The molecule has 2 amide bonds. The summed E-state index contributed by atoms with van der Waals surface area (Å²) in [6.45, 7) is 5.37. The largest absolute Gasteiger partial charge is 0.350 e. The number of amides is 2. The van der Waals surface area contributed by atoms with Crippen molar-refractivity contribution in [2.24, 2.45) is 5.92 Å². The molecule has 1 fully saturated rings. The van der Waals surface area contributed by atoms with E-state index in [-0.39, 0.29) is 36.4 Å². The summed E-state index contributed by atoms with van der Waals surface area (Å²) in [5.41, 5.74) is -0.0837. The Morgan fingerprint density at radius 1 is 1.32 bits per heavy atom. The van der Waals surface area contributed by atoms with Crippen LogP contribution in [0.3, 0.4) is 0 Å². The van der Waals surface area contributed by atoms with Crippen LogP contribution in [0.5, 0.6) is 0 Å². The predicted molar refractivity (Wildman–Crippen MR) is 95.3 cm³/mol. The number of rotatable bonds is 5. The Balaban J connectivity index is 2.15. The molecule has 1 N–H and O–H groups in total. The Labute approximate surface area is 151 Å². The molecular weight excluding hydrogens is 343 g/mol. The van der Waals surface area contributed by atoms with Crippen molar-refractivity contribution in [2.75, 3.05) is 12.3 Å². The Morgan fingerprint density at radius 2 is 2.00 bits per heavy atom. The highest BCUT2D eigenvalue weighted by Crippen LogP contribution is 2.27. The predicted octanol–water partition coefficient (Wildman–Crippen LogP) is 2.35. The molecule has 136 valence electrons. The van der Waals surface area contributed by atoms with Gasteiger partial charge in [-0.3, -0.25) is 14.4 Å². The van der Waals surface area contributed by atoms with E-state index in [1.807, 2.05) is 20.8 Å². The normalized spacial score (nSPS) is 17.4.